The number of Topliss-reactive ketones (excluding diaryl/α,β-unsaturated/α-hetero) is 3. The molecule has 2 N–H and O–H groups in total. The second-order valence-corrected chi connectivity index (χ2v) is 10.4. The molecular formula is C26H33ClN2O5. The molecule has 4 unspecified atom stereocenters. The molecular weight excluding hydrogens is 456 g/mol. The molecule has 0 aliphatic heterocycles. The van der Waals surface area contributed by atoms with Crippen molar-refractivity contribution in [2.45, 2.75) is 77.7 Å². The van der Waals surface area contributed by atoms with Gasteiger partial charge in [0.2, 0.25) is 5.76 Å². The molecule has 0 aromatic heterocycles. The SMILES string of the molecule is CC(C)=CCCC(C)=CCC1(O)C(=O)C2C(=[N+]=[N-])C(O)=C(C)C(=O)C2C(=O)C1(Cl)CC=C(C)C. The summed E-state index contributed by atoms with van der Waals surface area (Å²) in [7, 11) is 0. The van der Waals surface area contributed by atoms with E-state index in [2.05, 4.69) is 10.9 Å². The van der Waals surface area contributed by atoms with Gasteiger partial charge in [-0.15, -0.1) is 11.6 Å². The van der Waals surface area contributed by atoms with E-state index in [0.29, 0.717) is 6.42 Å². The molecule has 8 heteroatoms. The Morgan fingerprint density at radius 1 is 1.00 bits per heavy atom. The van der Waals surface area contributed by atoms with Crippen molar-refractivity contribution >= 4 is 34.7 Å². The average molecular weight is 489 g/mol. The number of alkyl halides is 1. The summed E-state index contributed by atoms with van der Waals surface area (Å²) >= 11 is 6.82. The first kappa shape index (κ1) is 27.6. The van der Waals surface area contributed by atoms with E-state index in [-0.39, 0.29) is 18.4 Å². The number of carbonyl (C=O) groups is 3. The largest absolute Gasteiger partial charge is 0.501 e. The molecule has 2 aliphatic carbocycles. The highest BCUT2D eigenvalue weighted by molar-refractivity contribution is 6.44. The van der Waals surface area contributed by atoms with Gasteiger partial charge in [-0.05, 0) is 60.8 Å². The van der Waals surface area contributed by atoms with Crippen molar-refractivity contribution in [2.24, 2.45) is 11.8 Å². The van der Waals surface area contributed by atoms with E-state index >= 15 is 0 Å². The standard InChI is InChI=1S/C26H33ClN2O5/c1-14(2)8-7-9-16(5)11-13-26(34)24(33)18-19(21(30)17(6)22(31)20(18)29-28)23(32)25(26,27)12-10-15(3)4/h8,10-11,18-19,31,34H,7,9,12-13H2,1-6H3. The Hall–Kier alpha value is -2.60. The topological polar surface area (TPSA) is 128 Å². The fraction of sp³-hybridized carbons (Fsp3) is 0.538. The lowest BCUT2D eigenvalue weighted by Gasteiger charge is -2.48. The summed E-state index contributed by atoms with van der Waals surface area (Å²) < 4.78 is 0. The summed E-state index contributed by atoms with van der Waals surface area (Å²) in [6, 6.07) is 0. The third kappa shape index (κ3) is 4.78. The van der Waals surface area contributed by atoms with E-state index < -0.39 is 51.1 Å². The van der Waals surface area contributed by atoms with Crippen LogP contribution in [0, 0.1) is 11.8 Å². The van der Waals surface area contributed by atoms with Gasteiger partial charge >= 0.3 is 5.71 Å². The molecule has 0 bridgehead atoms. The number of carbonyl (C=O) groups excluding carboxylic acids is 3. The first-order valence-electron chi connectivity index (χ1n) is 11.3. The van der Waals surface area contributed by atoms with Gasteiger partial charge < -0.3 is 15.7 Å². The van der Waals surface area contributed by atoms with Gasteiger partial charge in [0.05, 0.1) is 0 Å². The van der Waals surface area contributed by atoms with E-state index in [1.807, 2.05) is 20.8 Å². The summed E-state index contributed by atoms with van der Waals surface area (Å²) in [5.41, 5.74) is 9.31. The number of hydrogen-bond acceptors (Lipinski definition) is 5. The van der Waals surface area contributed by atoms with Crippen molar-refractivity contribution in [3.63, 3.8) is 0 Å². The Bertz CT molecular complexity index is 1080. The number of aliphatic hydroxyl groups is 2. The number of aliphatic hydroxyl groups excluding tert-OH is 1. The molecule has 0 saturated heterocycles. The minimum absolute atomic E-state index is 0.167. The van der Waals surface area contributed by atoms with Crippen molar-refractivity contribution in [3.05, 3.63) is 51.8 Å². The molecule has 2 rings (SSSR count). The first-order chi connectivity index (χ1) is 15.7. The van der Waals surface area contributed by atoms with Gasteiger partial charge in [0.1, 0.15) is 16.7 Å². The summed E-state index contributed by atoms with van der Waals surface area (Å²) in [6.45, 7) is 10.7. The Morgan fingerprint density at radius 2 is 1.59 bits per heavy atom. The molecule has 0 radical (unpaired) electrons. The summed E-state index contributed by atoms with van der Waals surface area (Å²) in [5, 5.41) is 22.1. The molecule has 0 amide bonds. The molecule has 1 saturated carbocycles. The number of rotatable bonds is 7. The van der Waals surface area contributed by atoms with E-state index in [0.717, 1.165) is 17.6 Å². The third-order valence-electron chi connectivity index (χ3n) is 6.63. The monoisotopic (exact) mass is 488 g/mol. The van der Waals surface area contributed by atoms with Gasteiger partial charge in [0, 0.05) is 12.0 Å². The van der Waals surface area contributed by atoms with Crippen molar-refractivity contribution in [1.82, 2.24) is 0 Å². The van der Waals surface area contributed by atoms with Crippen LogP contribution < -0.4 is 0 Å². The number of hydrogen-bond donors (Lipinski definition) is 2. The number of fused-ring (bicyclic) bond motifs is 1. The number of allylic oxidation sites excluding steroid dienone is 7. The maximum absolute atomic E-state index is 13.7. The predicted octanol–water partition coefficient (Wildman–Crippen LogP) is 4.60. The van der Waals surface area contributed by atoms with Crippen LogP contribution in [0.15, 0.2) is 46.3 Å². The Labute approximate surface area is 205 Å². The molecule has 0 heterocycles. The quantitative estimate of drug-likeness (QED) is 0.178. The van der Waals surface area contributed by atoms with E-state index in [1.54, 1.807) is 26.0 Å². The lowest BCUT2D eigenvalue weighted by Crippen LogP contribution is -2.71. The Balaban J connectivity index is 2.64. The third-order valence-corrected chi connectivity index (χ3v) is 7.29. The van der Waals surface area contributed by atoms with Crippen molar-refractivity contribution < 1.29 is 29.4 Å². The fourth-order valence-corrected chi connectivity index (χ4v) is 4.81. The molecule has 0 spiro atoms. The Morgan fingerprint density at radius 3 is 2.12 bits per heavy atom. The van der Waals surface area contributed by atoms with Gasteiger partial charge in [0.25, 0.3) is 0 Å². The van der Waals surface area contributed by atoms with Gasteiger partial charge in [-0.2, -0.15) is 4.79 Å². The molecule has 184 valence electrons. The zero-order valence-corrected chi connectivity index (χ0v) is 21.4. The smallest absolute Gasteiger partial charge is 0.345 e. The van der Waals surface area contributed by atoms with Gasteiger partial charge in [-0.25, -0.2) is 0 Å². The lowest BCUT2D eigenvalue weighted by atomic mass is 9.57. The van der Waals surface area contributed by atoms with Crippen LogP contribution >= 0.6 is 11.6 Å². The molecule has 4 atom stereocenters. The van der Waals surface area contributed by atoms with E-state index in [9.17, 15) is 30.1 Å². The van der Waals surface area contributed by atoms with Crippen LogP contribution in [-0.2, 0) is 14.4 Å². The van der Waals surface area contributed by atoms with Gasteiger partial charge in [-0.3, -0.25) is 14.4 Å². The zero-order valence-electron chi connectivity index (χ0n) is 20.6. The van der Waals surface area contributed by atoms with Crippen LogP contribution in [0.1, 0.15) is 67.2 Å². The predicted molar refractivity (Wildman–Crippen MR) is 131 cm³/mol. The molecule has 2 aliphatic rings. The van der Waals surface area contributed by atoms with Crippen LogP contribution in [0.2, 0.25) is 0 Å². The highest BCUT2D eigenvalue weighted by Crippen LogP contribution is 2.50. The molecule has 1 fully saturated rings. The molecule has 0 aromatic rings. The maximum atomic E-state index is 13.7. The highest BCUT2D eigenvalue weighted by atomic mass is 35.5. The molecule has 34 heavy (non-hydrogen) atoms. The minimum atomic E-state index is -2.39. The van der Waals surface area contributed by atoms with Gasteiger partial charge in [0.15, 0.2) is 23.0 Å². The van der Waals surface area contributed by atoms with Crippen molar-refractivity contribution in [3.8, 4) is 0 Å². The van der Waals surface area contributed by atoms with Crippen LogP contribution in [-0.4, -0.2) is 48.5 Å². The molecule has 0 aromatic carbocycles. The second kappa shape index (κ2) is 10.3. The van der Waals surface area contributed by atoms with Crippen LogP contribution in [0.5, 0.6) is 0 Å². The normalized spacial score (nSPS) is 29.6. The van der Waals surface area contributed by atoms with E-state index in [1.165, 1.54) is 12.5 Å². The number of halogens is 1. The minimum Gasteiger partial charge on any atom is -0.501 e. The van der Waals surface area contributed by atoms with Gasteiger partial charge in [-0.1, -0.05) is 34.9 Å². The number of nitrogens with zero attached hydrogens (tertiary/aromatic N) is 2. The van der Waals surface area contributed by atoms with Crippen LogP contribution in [0.25, 0.3) is 5.53 Å². The van der Waals surface area contributed by atoms with Crippen LogP contribution in [0.3, 0.4) is 0 Å². The first-order valence-corrected chi connectivity index (χ1v) is 11.7. The highest BCUT2D eigenvalue weighted by Gasteiger charge is 2.71. The maximum Gasteiger partial charge on any atom is 0.345 e. The summed E-state index contributed by atoms with van der Waals surface area (Å²) in [5.74, 6) is -6.41. The fourth-order valence-electron chi connectivity index (χ4n) is 4.45. The second-order valence-electron chi connectivity index (χ2n) is 9.73. The number of ketones is 3. The average Bonchev–Trinajstić information content (AvgIpc) is 2.77. The molecule has 7 nitrogen and oxygen atoms in total. The lowest BCUT2D eigenvalue weighted by molar-refractivity contribution is -0.164. The zero-order chi connectivity index (χ0) is 26.0. The summed E-state index contributed by atoms with van der Waals surface area (Å²) in [6.07, 6.45) is 6.41. The van der Waals surface area contributed by atoms with Crippen LogP contribution in [0.4, 0.5) is 0 Å². The Kier molecular flexibility index (Phi) is 8.41. The summed E-state index contributed by atoms with van der Waals surface area (Å²) in [4.78, 5) is 41.3. The van der Waals surface area contributed by atoms with E-state index in [4.69, 9.17) is 11.6 Å². The van der Waals surface area contributed by atoms with Crippen molar-refractivity contribution in [1.29, 1.82) is 0 Å². The van der Waals surface area contributed by atoms with Crippen molar-refractivity contribution in [2.75, 3.05) is 0 Å².